The zero-order valence-electron chi connectivity index (χ0n) is 9.01. The molecule has 0 amide bonds. The molecule has 1 heteroatoms. The Morgan fingerprint density at radius 1 is 1.31 bits per heavy atom. The molecule has 0 aromatic rings. The van der Waals surface area contributed by atoms with Gasteiger partial charge in [0.15, 0.2) is 0 Å². The van der Waals surface area contributed by atoms with Crippen molar-refractivity contribution in [1.29, 1.82) is 0 Å². The third kappa shape index (κ3) is 3.84. The van der Waals surface area contributed by atoms with Crippen LogP contribution in [-0.4, -0.2) is 6.61 Å². The van der Waals surface area contributed by atoms with Gasteiger partial charge in [-0.05, 0) is 18.8 Å². The second-order valence-corrected chi connectivity index (χ2v) is 4.51. The molecule has 0 spiro atoms. The molecule has 0 saturated heterocycles. The van der Waals surface area contributed by atoms with Crippen molar-refractivity contribution in [3.8, 4) is 0 Å². The molecule has 0 bridgehead atoms. The molecule has 1 saturated carbocycles. The van der Waals surface area contributed by atoms with Crippen LogP contribution in [0.5, 0.6) is 0 Å². The van der Waals surface area contributed by atoms with Gasteiger partial charge in [-0.3, -0.25) is 0 Å². The van der Waals surface area contributed by atoms with Crippen molar-refractivity contribution in [2.24, 2.45) is 11.8 Å². The van der Waals surface area contributed by atoms with E-state index in [2.05, 4.69) is 20.4 Å². The summed E-state index contributed by atoms with van der Waals surface area (Å²) in [7, 11) is 0. The van der Waals surface area contributed by atoms with Crippen LogP contribution in [-0.2, 0) is 4.74 Å². The van der Waals surface area contributed by atoms with E-state index in [0.717, 1.165) is 12.4 Å². The van der Waals surface area contributed by atoms with Crippen LogP contribution in [0.3, 0.4) is 0 Å². The van der Waals surface area contributed by atoms with E-state index in [-0.39, 0.29) is 0 Å². The summed E-state index contributed by atoms with van der Waals surface area (Å²) in [6.45, 7) is 9.21. The highest BCUT2D eigenvalue weighted by molar-refractivity contribution is 4.92. The minimum Gasteiger partial charge on any atom is -0.498 e. The van der Waals surface area contributed by atoms with Crippen molar-refractivity contribution in [3.63, 3.8) is 0 Å². The standard InChI is InChI=1S/C12H22O/c1-10(2)9-13-11(3)12-7-5-4-6-8-12/h10,12H,3-9H2,1-2H3. The molecule has 1 rings (SSSR count). The molecule has 0 unspecified atom stereocenters. The fraction of sp³-hybridized carbons (Fsp3) is 0.833. The highest BCUT2D eigenvalue weighted by Gasteiger charge is 2.17. The van der Waals surface area contributed by atoms with E-state index < -0.39 is 0 Å². The van der Waals surface area contributed by atoms with E-state index in [4.69, 9.17) is 4.74 Å². The Morgan fingerprint density at radius 3 is 2.46 bits per heavy atom. The predicted molar refractivity (Wildman–Crippen MR) is 56.5 cm³/mol. The van der Waals surface area contributed by atoms with Crippen molar-refractivity contribution in [2.45, 2.75) is 46.0 Å². The minimum absolute atomic E-state index is 0.611. The topological polar surface area (TPSA) is 9.23 Å². The van der Waals surface area contributed by atoms with Crippen molar-refractivity contribution >= 4 is 0 Å². The molecule has 76 valence electrons. The maximum atomic E-state index is 5.65. The van der Waals surface area contributed by atoms with Gasteiger partial charge >= 0.3 is 0 Å². The Bertz CT molecular complexity index is 155. The molecule has 13 heavy (non-hydrogen) atoms. The third-order valence-corrected chi connectivity index (χ3v) is 2.66. The quantitative estimate of drug-likeness (QED) is 0.602. The molecule has 1 aliphatic rings. The molecular weight excluding hydrogens is 160 g/mol. The first-order valence-electron chi connectivity index (χ1n) is 5.51. The summed E-state index contributed by atoms with van der Waals surface area (Å²) >= 11 is 0. The van der Waals surface area contributed by atoms with Crippen LogP contribution < -0.4 is 0 Å². The molecule has 0 radical (unpaired) electrons. The summed E-state index contributed by atoms with van der Waals surface area (Å²) < 4.78 is 5.65. The molecule has 1 aliphatic carbocycles. The first-order valence-corrected chi connectivity index (χ1v) is 5.51. The molecule has 0 aliphatic heterocycles. The van der Waals surface area contributed by atoms with Gasteiger partial charge < -0.3 is 4.74 Å². The summed E-state index contributed by atoms with van der Waals surface area (Å²) in [6, 6.07) is 0. The summed E-state index contributed by atoms with van der Waals surface area (Å²) in [5.41, 5.74) is 0. The Balaban J connectivity index is 2.21. The number of hydrogen-bond donors (Lipinski definition) is 0. The van der Waals surface area contributed by atoms with E-state index in [1.165, 1.54) is 32.1 Å². The van der Waals surface area contributed by atoms with Crippen molar-refractivity contribution in [3.05, 3.63) is 12.3 Å². The molecule has 0 N–H and O–H groups in total. The lowest BCUT2D eigenvalue weighted by molar-refractivity contribution is 0.139. The molecule has 0 aromatic heterocycles. The lowest BCUT2D eigenvalue weighted by Gasteiger charge is -2.24. The van der Waals surface area contributed by atoms with Crippen LogP contribution in [0.4, 0.5) is 0 Å². The summed E-state index contributed by atoms with van der Waals surface area (Å²) in [4.78, 5) is 0. The van der Waals surface area contributed by atoms with Crippen molar-refractivity contribution < 1.29 is 4.74 Å². The zero-order chi connectivity index (χ0) is 9.68. The average Bonchev–Trinajstić information content (AvgIpc) is 2.15. The van der Waals surface area contributed by atoms with E-state index in [1.54, 1.807) is 0 Å². The largest absolute Gasteiger partial charge is 0.498 e. The summed E-state index contributed by atoms with van der Waals surface area (Å²) in [6.07, 6.45) is 6.69. The van der Waals surface area contributed by atoms with E-state index in [0.29, 0.717) is 11.8 Å². The fourth-order valence-electron chi connectivity index (χ4n) is 1.82. The second-order valence-electron chi connectivity index (χ2n) is 4.51. The Labute approximate surface area is 82.2 Å². The minimum atomic E-state index is 0.611. The van der Waals surface area contributed by atoms with Gasteiger partial charge in [0.2, 0.25) is 0 Å². The normalized spacial score (nSPS) is 19.0. The predicted octanol–water partition coefficient (Wildman–Crippen LogP) is 3.75. The maximum Gasteiger partial charge on any atom is 0.0919 e. The van der Waals surface area contributed by atoms with Gasteiger partial charge in [-0.25, -0.2) is 0 Å². The molecule has 0 heterocycles. The zero-order valence-corrected chi connectivity index (χ0v) is 9.01. The second kappa shape index (κ2) is 5.31. The van der Waals surface area contributed by atoms with E-state index >= 15 is 0 Å². The molecule has 1 nitrogen and oxygen atoms in total. The van der Waals surface area contributed by atoms with Crippen LogP contribution in [0, 0.1) is 11.8 Å². The molecule has 1 fully saturated rings. The summed E-state index contributed by atoms with van der Waals surface area (Å²) in [5.74, 6) is 2.29. The highest BCUT2D eigenvalue weighted by atomic mass is 16.5. The van der Waals surface area contributed by atoms with Crippen LogP contribution in [0.1, 0.15) is 46.0 Å². The van der Waals surface area contributed by atoms with Gasteiger partial charge in [0.1, 0.15) is 0 Å². The highest BCUT2D eigenvalue weighted by Crippen LogP contribution is 2.29. The van der Waals surface area contributed by atoms with Crippen LogP contribution in [0.2, 0.25) is 0 Å². The molecule has 0 atom stereocenters. The van der Waals surface area contributed by atoms with Crippen molar-refractivity contribution in [2.75, 3.05) is 6.61 Å². The number of allylic oxidation sites excluding steroid dienone is 1. The van der Waals surface area contributed by atoms with Gasteiger partial charge in [0.25, 0.3) is 0 Å². The van der Waals surface area contributed by atoms with Gasteiger partial charge in [0.05, 0.1) is 12.4 Å². The van der Waals surface area contributed by atoms with Crippen LogP contribution in [0.15, 0.2) is 12.3 Å². The van der Waals surface area contributed by atoms with Crippen molar-refractivity contribution in [1.82, 2.24) is 0 Å². The maximum absolute atomic E-state index is 5.65. The van der Waals surface area contributed by atoms with Gasteiger partial charge in [-0.15, -0.1) is 0 Å². The van der Waals surface area contributed by atoms with Crippen LogP contribution in [0.25, 0.3) is 0 Å². The first kappa shape index (κ1) is 10.6. The van der Waals surface area contributed by atoms with Gasteiger partial charge in [0, 0.05) is 5.92 Å². The van der Waals surface area contributed by atoms with Gasteiger partial charge in [-0.2, -0.15) is 0 Å². The molecule has 0 aromatic carbocycles. The Kier molecular flexibility index (Phi) is 4.34. The average molecular weight is 182 g/mol. The Hall–Kier alpha value is -0.460. The fourth-order valence-corrected chi connectivity index (χ4v) is 1.82. The number of ether oxygens (including phenoxy) is 1. The summed E-state index contributed by atoms with van der Waals surface area (Å²) in [5, 5.41) is 0. The van der Waals surface area contributed by atoms with E-state index in [9.17, 15) is 0 Å². The molecular formula is C12H22O. The third-order valence-electron chi connectivity index (χ3n) is 2.66. The monoisotopic (exact) mass is 182 g/mol. The number of rotatable bonds is 4. The van der Waals surface area contributed by atoms with E-state index in [1.807, 2.05) is 0 Å². The first-order chi connectivity index (χ1) is 6.20. The number of hydrogen-bond acceptors (Lipinski definition) is 1. The lowest BCUT2D eigenvalue weighted by atomic mass is 9.88. The lowest BCUT2D eigenvalue weighted by Crippen LogP contribution is -2.12. The Morgan fingerprint density at radius 2 is 1.92 bits per heavy atom. The van der Waals surface area contributed by atoms with Gasteiger partial charge in [-0.1, -0.05) is 39.7 Å². The SMILES string of the molecule is C=C(OCC(C)C)C1CCCCC1. The smallest absolute Gasteiger partial charge is 0.0919 e. The van der Waals surface area contributed by atoms with Crippen LogP contribution >= 0.6 is 0 Å².